The Balaban J connectivity index is 0.000000199. The Bertz CT molecular complexity index is 6310. The van der Waals surface area contributed by atoms with E-state index >= 15 is 0 Å². The maximum atomic E-state index is 13.4. The van der Waals surface area contributed by atoms with Gasteiger partial charge in [0.15, 0.2) is 24.9 Å². The number of aliphatic hydroxyl groups is 8. The summed E-state index contributed by atoms with van der Waals surface area (Å²) in [4.78, 5) is 206. The van der Waals surface area contributed by atoms with Crippen LogP contribution >= 0.6 is 62.6 Å². The van der Waals surface area contributed by atoms with Crippen molar-refractivity contribution in [1.82, 2.24) is 36.5 Å². The zero-order chi connectivity index (χ0) is 98.6. The molecule has 4 aliphatic rings. The monoisotopic (exact) mass is 2050 g/mol. The molecule has 0 saturated carbocycles. The number of aromatic nitrogens is 8. The van der Waals surface area contributed by atoms with E-state index in [1.165, 1.54) is 42.5 Å². The predicted octanol–water partition coefficient (Wildman–Crippen LogP) is -3.52. The van der Waals surface area contributed by atoms with Crippen molar-refractivity contribution in [2.45, 2.75) is 144 Å². The van der Waals surface area contributed by atoms with Crippen molar-refractivity contribution in [2.24, 2.45) is 0 Å². The predicted molar refractivity (Wildman–Crippen MR) is 435 cm³/mol. The molecule has 0 amide bonds. The highest BCUT2D eigenvalue weighted by Crippen LogP contribution is 2.61. The van der Waals surface area contributed by atoms with E-state index in [0.29, 0.717) is 23.1 Å². The molecule has 0 radical (unpaired) electrons. The third kappa shape index (κ3) is 31.3. The van der Waals surface area contributed by atoms with Gasteiger partial charge in [0.1, 0.15) is 84.9 Å². The number of aliphatic hydroxyl groups excluding tert-OH is 8. The minimum Gasteiger partial charge on any atom is -0.387 e. The Hall–Kier alpha value is -7.98. The minimum absolute atomic E-state index is 0.0356. The van der Waals surface area contributed by atoms with Gasteiger partial charge in [-0.05, 0) is 65.8 Å². The van der Waals surface area contributed by atoms with E-state index in [2.05, 4.69) is 35.3 Å². The lowest BCUT2D eigenvalue weighted by atomic mass is 10.1. The second-order valence-corrected chi connectivity index (χ2v) is 39.7. The molecule has 0 spiro atoms. The van der Waals surface area contributed by atoms with Crippen molar-refractivity contribution >= 4 is 62.6 Å². The lowest BCUT2D eigenvalue weighted by molar-refractivity contribution is -0.0548. The maximum absolute atomic E-state index is 13.4. The molecule has 0 aliphatic carbocycles. The van der Waals surface area contributed by atoms with Crippen LogP contribution in [0.4, 0.5) is 8.78 Å². The van der Waals surface area contributed by atoms with E-state index in [4.69, 9.17) is 58.1 Å². The summed E-state index contributed by atoms with van der Waals surface area (Å²) in [6, 6.07) is 32.9. The van der Waals surface area contributed by atoms with Gasteiger partial charge in [-0.15, -0.1) is 0 Å². The van der Waals surface area contributed by atoms with E-state index in [9.17, 15) is 144 Å². The molecule has 8 aromatic rings. The molecular formula is C67H84F2N8O48P8. The van der Waals surface area contributed by atoms with Crippen molar-refractivity contribution in [3.05, 3.63) is 275 Å². The van der Waals surface area contributed by atoms with Crippen molar-refractivity contribution in [2.75, 3.05) is 26.4 Å². The number of rotatable bonds is 35. The highest BCUT2D eigenvalue weighted by molar-refractivity contribution is 7.62. The normalized spacial score (nSPS) is 25.0. The average Bonchev–Trinajstić information content (AvgIpc) is 1.67. The number of aryl methyl sites for hydroxylation is 3. The van der Waals surface area contributed by atoms with Crippen molar-refractivity contribution < 1.29 is 199 Å². The van der Waals surface area contributed by atoms with Crippen LogP contribution in [0.1, 0.15) is 47.2 Å². The van der Waals surface area contributed by atoms with E-state index in [-0.39, 0.29) is 39.0 Å². The fraction of sp³-hybridized carbons (Fsp3) is 0.403. The SMILES string of the molecule is O=c1ccn([C@@H]2O[C@H](COP(=O)(O)OP(=O)(O)O)C(O)[C@@H]2O)c(=O)n1CCc1ccc(F)cc1.O=c1ccn([C@@H]2O[C@H](COP(=O)(O)OP(=O)(O)O)C(O)[C@@H]2O)c(=O)n1CCc1cccc(F)c1.O=c1ccn([C@@H]2O[C@H](COP(=O)(O)OP(=O)(O)O)C(O)[C@@H]2O)c(=O)n1CCc1ccccc1.O=c1ccn([C@@H]2O[C@H](COP(=O)(O)OP(=O)(O)O)C(O)[C@@H]2O)c(=O)n1Cc1ccccc1. The summed E-state index contributed by atoms with van der Waals surface area (Å²) < 4.78 is 176. The van der Waals surface area contributed by atoms with Crippen LogP contribution in [0.2, 0.25) is 0 Å². The van der Waals surface area contributed by atoms with Gasteiger partial charge < -0.3 is 119 Å². The Kier molecular flexibility index (Phi) is 37.2. The molecular weight excluding hydrogens is 1970 g/mol. The van der Waals surface area contributed by atoms with Gasteiger partial charge in [-0.2, -0.15) is 17.2 Å². The first-order chi connectivity index (χ1) is 61.8. The average molecular weight is 2060 g/mol. The second kappa shape index (κ2) is 45.5. The van der Waals surface area contributed by atoms with E-state index < -0.39 is 244 Å². The number of hydrogen-bond acceptors (Lipinski definition) is 36. The van der Waals surface area contributed by atoms with Gasteiger partial charge in [0, 0.05) is 68.7 Å². The molecule has 4 saturated heterocycles. The quantitative estimate of drug-likeness (QED) is 0.0171. The molecule has 12 rings (SSSR count). The van der Waals surface area contributed by atoms with Gasteiger partial charge in [0.2, 0.25) is 0 Å². The van der Waals surface area contributed by atoms with Crippen LogP contribution in [0.15, 0.2) is 197 Å². The lowest BCUT2D eigenvalue weighted by Crippen LogP contribution is -2.43. The lowest BCUT2D eigenvalue weighted by Gasteiger charge is -2.19. The number of nitrogens with zero attached hydrogens (tertiary/aromatic N) is 8. The maximum Gasteiger partial charge on any atom is 0.481 e. The van der Waals surface area contributed by atoms with Gasteiger partial charge in [0.05, 0.1) is 33.0 Å². The number of benzene rings is 4. The molecule has 734 valence electrons. The molecule has 133 heavy (non-hydrogen) atoms. The standard InChI is InChI=1S/2C17H21FN2O12P2.C17H22N2O12P2.C16H20N2O12P2/c18-11-3-1-10(2-4-11)5-7-19-13(21)6-8-20(17(19)24)16-15(23)14(22)12(31-16)9-30-34(28,29)32-33(25,26)27;18-11-3-1-2-10(8-11)4-6-19-13(21)5-7-20(17(19)24)16-15(23)14(22)12(31-16)9-30-34(28,29)32-33(25,26)27;20-13-7-9-19(17(23)18(13)8-6-11-4-2-1-3-5-11)16-15(22)14(21)12(30-16)10-29-33(27,28)31-32(24,25)26;19-12-6-7-17(16(22)18(12)8-10-4-2-1-3-5-10)15-14(21)13(20)11(29-15)9-28-32(26,27)30-31(23,24)25/h1-4,6,8,12,14-16,22-23H,5,7,9H2,(H,28,29)(H2,25,26,27);1-3,5,7-8,12,14-16,22-23H,4,6,9H2,(H,28,29)(H2,25,26,27);1-5,7,9,12,14-16,21-22H,6,8,10H2,(H,27,28)(H2,24,25,26);1-7,11,13-15,20-21H,8-9H2,(H,26,27)(H2,23,24,25)/t3*12-,14?,15+,16-;11-,13?,14+,15-/m1111/s1. The van der Waals surface area contributed by atoms with Crippen LogP contribution in [0.25, 0.3) is 0 Å². The number of phosphoric ester groups is 4. The third-order valence-corrected chi connectivity index (χ3v) is 27.6. The fourth-order valence-corrected chi connectivity index (χ4v) is 19.2. The molecule has 0 bridgehead atoms. The van der Waals surface area contributed by atoms with Gasteiger partial charge in [-0.25, -0.2) is 64.5 Å². The first-order valence-electron chi connectivity index (χ1n) is 37.7. The zero-order valence-electron chi connectivity index (χ0n) is 67.3. The Morgan fingerprint density at radius 2 is 0.534 bits per heavy atom. The number of hydrogen-bond donors (Lipinski definition) is 20. The summed E-state index contributed by atoms with van der Waals surface area (Å²) in [5.74, 6) is -0.933. The van der Waals surface area contributed by atoms with E-state index in [1.807, 2.05) is 30.3 Å². The molecule has 4 aromatic heterocycles. The van der Waals surface area contributed by atoms with Crippen LogP contribution in [0.5, 0.6) is 0 Å². The first kappa shape index (κ1) is 109. The summed E-state index contributed by atoms with van der Waals surface area (Å²) in [7, 11) is -42.4. The molecule has 20 atom stereocenters. The van der Waals surface area contributed by atoms with Crippen LogP contribution in [0, 0.1) is 11.6 Å². The molecule has 4 aromatic carbocycles. The van der Waals surface area contributed by atoms with E-state index in [1.54, 1.807) is 36.4 Å². The highest BCUT2D eigenvalue weighted by Gasteiger charge is 2.51. The Morgan fingerprint density at radius 3 is 0.812 bits per heavy atom. The minimum atomic E-state index is -5.37. The van der Waals surface area contributed by atoms with Gasteiger partial charge >= 0.3 is 85.3 Å². The van der Waals surface area contributed by atoms with Crippen LogP contribution < -0.4 is 45.0 Å². The second-order valence-electron chi connectivity index (χ2n) is 28.4. The summed E-state index contributed by atoms with van der Waals surface area (Å²) in [5.41, 5.74) is -3.31. The topological polar surface area (TPSA) is 828 Å². The summed E-state index contributed by atoms with van der Waals surface area (Å²) in [6.45, 7) is -3.97. The Morgan fingerprint density at radius 1 is 0.286 bits per heavy atom. The molecule has 66 heteroatoms. The Labute approximate surface area is 740 Å². The van der Waals surface area contributed by atoms with Gasteiger partial charge in [0.25, 0.3) is 22.2 Å². The molecule has 8 heterocycles. The largest absolute Gasteiger partial charge is 0.481 e. The summed E-state index contributed by atoms with van der Waals surface area (Å²) in [5, 5.41) is 81.9. The van der Waals surface area contributed by atoms with Gasteiger partial charge in [-0.3, -0.25) is 73.8 Å². The molecule has 8 unspecified atom stereocenters. The highest BCUT2D eigenvalue weighted by atomic mass is 31.3. The molecule has 4 aliphatic heterocycles. The summed E-state index contributed by atoms with van der Waals surface area (Å²) in [6.07, 6.45) is -20.9. The number of phosphoric acid groups is 8. The van der Waals surface area contributed by atoms with Gasteiger partial charge in [-0.1, -0.05) is 84.9 Å². The van der Waals surface area contributed by atoms with Crippen LogP contribution in [0.3, 0.4) is 0 Å². The molecule has 56 nitrogen and oxygen atoms in total. The third-order valence-electron chi connectivity index (χ3n) is 19.0. The number of ether oxygens (including phenoxy) is 4. The zero-order valence-corrected chi connectivity index (χ0v) is 74.5. The smallest absolute Gasteiger partial charge is 0.387 e. The molecule has 4 fully saturated rings. The summed E-state index contributed by atoms with van der Waals surface area (Å²) >= 11 is 0. The van der Waals surface area contributed by atoms with Crippen LogP contribution in [-0.4, -0.2) is 236 Å². The van der Waals surface area contributed by atoms with Crippen molar-refractivity contribution in [3.63, 3.8) is 0 Å². The number of halogens is 2. The fourth-order valence-electron chi connectivity index (χ4n) is 12.8. The van der Waals surface area contributed by atoms with E-state index in [0.717, 1.165) is 91.2 Å². The van der Waals surface area contributed by atoms with Crippen molar-refractivity contribution in [1.29, 1.82) is 0 Å². The van der Waals surface area contributed by atoms with Crippen molar-refractivity contribution in [3.8, 4) is 0 Å². The molecule has 20 N–H and O–H groups in total. The van der Waals surface area contributed by atoms with Crippen LogP contribution in [-0.2, 0) is 136 Å². The first-order valence-corrected chi connectivity index (χ1v) is 49.8.